The number of amides is 1. The third-order valence-electron chi connectivity index (χ3n) is 3.22. The largest absolute Gasteiger partial charge is 0.493 e. The molecule has 2 aromatic rings. The molecule has 1 amide bonds. The lowest BCUT2D eigenvalue weighted by Gasteiger charge is -2.09. The van der Waals surface area contributed by atoms with Gasteiger partial charge in [0.25, 0.3) is 0 Å². The van der Waals surface area contributed by atoms with Crippen molar-refractivity contribution in [3.8, 4) is 11.5 Å². The number of ether oxygens (including phenoxy) is 2. The zero-order valence-corrected chi connectivity index (χ0v) is 14.2. The van der Waals surface area contributed by atoms with Gasteiger partial charge in [0.05, 0.1) is 26.3 Å². The Bertz CT molecular complexity index is 729. The molecule has 7 nitrogen and oxygen atoms in total. The van der Waals surface area contributed by atoms with Crippen LogP contribution in [0.4, 0.5) is 5.13 Å². The Morgan fingerprint density at radius 2 is 2.00 bits per heavy atom. The van der Waals surface area contributed by atoms with Gasteiger partial charge in [-0.05, 0) is 24.1 Å². The molecule has 2 rings (SSSR count). The zero-order valence-electron chi connectivity index (χ0n) is 13.4. The van der Waals surface area contributed by atoms with Crippen LogP contribution in [0.5, 0.6) is 11.5 Å². The maximum Gasteiger partial charge on any atom is 0.309 e. The molecular weight excluding hydrogens is 332 g/mol. The fourth-order valence-corrected chi connectivity index (χ4v) is 2.80. The quantitative estimate of drug-likeness (QED) is 0.758. The molecule has 0 aliphatic heterocycles. The minimum atomic E-state index is -0.952. The Morgan fingerprint density at radius 3 is 2.67 bits per heavy atom. The fraction of sp³-hybridized carbons (Fsp3) is 0.312. The smallest absolute Gasteiger partial charge is 0.309 e. The molecule has 0 saturated carbocycles. The van der Waals surface area contributed by atoms with Crippen LogP contribution in [0.3, 0.4) is 0 Å². The maximum absolute atomic E-state index is 12.0. The number of aliphatic carboxylic acids is 1. The summed E-state index contributed by atoms with van der Waals surface area (Å²) in [7, 11) is 3.13. The van der Waals surface area contributed by atoms with Gasteiger partial charge in [-0.3, -0.25) is 9.59 Å². The van der Waals surface area contributed by atoms with Crippen molar-refractivity contribution in [1.82, 2.24) is 4.98 Å². The van der Waals surface area contributed by atoms with Crippen LogP contribution in [0.2, 0.25) is 0 Å². The second-order valence-corrected chi connectivity index (χ2v) is 5.81. The third kappa shape index (κ3) is 4.95. The minimum absolute atomic E-state index is 0.155. The van der Waals surface area contributed by atoms with E-state index >= 15 is 0 Å². The predicted molar refractivity (Wildman–Crippen MR) is 90.0 cm³/mol. The van der Waals surface area contributed by atoms with Gasteiger partial charge in [-0.1, -0.05) is 6.07 Å². The Morgan fingerprint density at radius 1 is 1.25 bits per heavy atom. The summed E-state index contributed by atoms with van der Waals surface area (Å²) in [6.45, 7) is 0. The summed E-state index contributed by atoms with van der Waals surface area (Å²) >= 11 is 1.21. The first-order valence-electron chi connectivity index (χ1n) is 7.18. The average Bonchev–Trinajstić information content (AvgIpc) is 2.98. The van der Waals surface area contributed by atoms with Gasteiger partial charge in [-0.25, -0.2) is 4.98 Å². The standard InChI is InChI=1S/C16H18N2O5S/c1-22-12-5-3-10(7-13(12)23-2)4-6-14(19)18-16-17-11(9-24-16)8-15(20)21/h3,5,7,9H,4,6,8H2,1-2H3,(H,20,21)(H,17,18,19). The van der Waals surface area contributed by atoms with Crippen LogP contribution in [-0.4, -0.2) is 36.2 Å². The van der Waals surface area contributed by atoms with Crippen molar-refractivity contribution in [3.05, 3.63) is 34.8 Å². The van der Waals surface area contributed by atoms with Crippen molar-refractivity contribution < 1.29 is 24.2 Å². The van der Waals surface area contributed by atoms with Crippen LogP contribution in [0, 0.1) is 0 Å². The molecule has 0 fully saturated rings. The molecule has 1 aromatic carbocycles. The number of rotatable bonds is 8. The van der Waals surface area contributed by atoms with Crippen molar-refractivity contribution in [2.24, 2.45) is 0 Å². The number of hydrogen-bond acceptors (Lipinski definition) is 6. The van der Waals surface area contributed by atoms with Gasteiger partial charge in [-0.2, -0.15) is 0 Å². The molecule has 0 unspecified atom stereocenters. The molecule has 0 aliphatic rings. The molecule has 8 heteroatoms. The number of benzene rings is 1. The second kappa shape index (κ2) is 8.30. The molecule has 128 valence electrons. The summed E-state index contributed by atoms with van der Waals surface area (Å²) in [6, 6.07) is 5.51. The van der Waals surface area contributed by atoms with Gasteiger partial charge in [0.1, 0.15) is 0 Å². The predicted octanol–water partition coefficient (Wildman–Crippen LogP) is 2.36. The molecule has 2 N–H and O–H groups in total. The van der Waals surface area contributed by atoms with Gasteiger partial charge in [0.2, 0.25) is 5.91 Å². The van der Waals surface area contributed by atoms with Gasteiger partial charge >= 0.3 is 5.97 Å². The lowest BCUT2D eigenvalue weighted by atomic mass is 10.1. The number of carboxylic acids is 1. The molecule has 0 aliphatic carbocycles. The van der Waals surface area contributed by atoms with Gasteiger partial charge < -0.3 is 19.9 Å². The molecule has 24 heavy (non-hydrogen) atoms. The molecule has 0 bridgehead atoms. The zero-order chi connectivity index (χ0) is 17.5. The minimum Gasteiger partial charge on any atom is -0.493 e. The number of methoxy groups -OCH3 is 2. The Labute approximate surface area is 143 Å². The highest BCUT2D eigenvalue weighted by Crippen LogP contribution is 2.28. The topological polar surface area (TPSA) is 97.8 Å². The molecule has 1 heterocycles. The number of thiazole rings is 1. The van der Waals surface area contributed by atoms with E-state index in [2.05, 4.69) is 10.3 Å². The molecule has 0 radical (unpaired) electrons. The highest BCUT2D eigenvalue weighted by Gasteiger charge is 2.10. The SMILES string of the molecule is COc1ccc(CCC(=O)Nc2nc(CC(=O)O)cs2)cc1OC. The fourth-order valence-electron chi connectivity index (χ4n) is 2.08. The lowest BCUT2D eigenvalue weighted by molar-refractivity contribution is -0.136. The third-order valence-corrected chi connectivity index (χ3v) is 4.03. The van der Waals surface area contributed by atoms with Crippen molar-refractivity contribution >= 4 is 28.3 Å². The summed E-state index contributed by atoms with van der Waals surface area (Å²) < 4.78 is 10.4. The lowest BCUT2D eigenvalue weighted by Crippen LogP contribution is -2.12. The van der Waals surface area contributed by atoms with E-state index in [4.69, 9.17) is 14.6 Å². The Kier molecular flexibility index (Phi) is 6.14. The van der Waals surface area contributed by atoms with E-state index in [1.165, 1.54) is 11.3 Å². The van der Waals surface area contributed by atoms with E-state index in [-0.39, 0.29) is 18.7 Å². The van der Waals surface area contributed by atoms with Crippen LogP contribution in [0.15, 0.2) is 23.6 Å². The monoisotopic (exact) mass is 350 g/mol. The first-order valence-corrected chi connectivity index (χ1v) is 8.06. The highest BCUT2D eigenvalue weighted by molar-refractivity contribution is 7.13. The van der Waals surface area contributed by atoms with Crippen LogP contribution >= 0.6 is 11.3 Å². The number of carbonyl (C=O) groups is 2. The van der Waals surface area contributed by atoms with Gasteiger partial charge in [0, 0.05) is 11.8 Å². The van der Waals surface area contributed by atoms with E-state index in [9.17, 15) is 9.59 Å². The number of anilines is 1. The number of nitrogens with zero attached hydrogens (tertiary/aromatic N) is 1. The maximum atomic E-state index is 12.0. The van der Waals surface area contributed by atoms with Gasteiger partial charge in [-0.15, -0.1) is 11.3 Å². The normalized spacial score (nSPS) is 10.2. The number of aryl methyl sites for hydroxylation is 1. The van der Waals surface area contributed by atoms with E-state index in [1.807, 2.05) is 12.1 Å². The van der Waals surface area contributed by atoms with Crippen molar-refractivity contribution in [2.45, 2.75) is 19.3 Å². The second-order valence-electron chi connectivity index (χ2n) is 4.95. The molecule has 0 saturated heterocycles. The van der Waals surface area contributed by atoms with Gasteiger partial charge in [0.15, 0.2) is 16.6 Å². The first-order chi connectivity index (χ1) is 11.5. The molecular formula is C16H18N2O5S. The number of nitrogens with one attached hydrogen (secondary N) is 1. The number of carboxylic acid groups (broad SMARTS) is 1. The summed E-state index contributed by atoms with van der Waals surface area (Å²) in [5.74, 6) is 0.126. The number of aromatic nitrogens is 1. The van der Waals surface area contributed by atoms with Crippen LogP contribution in [-0.2, 0) is 22.4 Å². The number of hydrogen-bond donors (Lipinski definition) is 2. The van der Waals surface area contributed by atoms with E-state index in [0.717, 1.165) is 5.56 Å². The van der Waals surface area contributed by atoms with Crippen molar-refractivity contribution in [1.29, 1.82) is 0 Å². The summed E-state index contributed by atoms with van der Waals surface area (Å²) in [6.07, 6.45) is 0.668. The summed E-state index contributed by atoms with van der Waals surface area (Å²) in [4.78, 5) is 26.7. The van der Waals surface area contributed by atoms with Crippen LogP contribution in [0.25, 0.3) is 0 Å². The Balaban J connectivity index is 1.89. The summed E-state index contributed by atoms with van der Waals surface area (Å²) in [5, 5.41) is 13.4. The van der Waals surface area contributed by atoms with E-state index < -0.39 is 5.97 Å². The molecule has 1 aromatic heterocycles. The average molecular weight is 350 g/mol. The number of carbonyl (C=O) groups excluding carboxylic acids is 1. The van der Waals surface area contributed by atoms with E-state index in [1.54, 1.807) is 25.7 Å². The molecule has 0 atom stereocenters. The summed E-state index contributed by atoms with van der Waals surface area (Å²) in [5.41, 5.74) is 1.39. The molecule has 0 spiro atoms. The van der Waals surface area contributed by atoms with Crippen LogP contribution < -0.4 is 14.8 Å². The Hall–Kier alpha value is -2.61. The van der Waals surface area contributed by atoms with Crippen molar-refractivity contribution in [3.63, 3.8) is 0 Å². The highest BCUT2D eigenvalue weighted by atomic mass is 32.1. The van der Waals surface area contributed by atoms with Crippen LogP contribution in [0.1, 0.15) is 17.7 Å². The van der Waals surface area contributed by atoms with E-state index in [0.29, 0.717) is 28.7 Å². The first kappa shape index (κ1) is 17.7. The van der Waals surface area contributed by atoms with Crippen molar-refractivity contribution in [2.75, 3.05) is 19.5 Å².